The molecule has 0 spiro atoms. The van der Waals surface area contributed by atoms with Crippen LogP contribution in [0.2, 0.25) is 0 Å². The topological polar surface area (TPSA) is 85.1 Å². The second-order valence-electron chi connectivity index (χ2n) is 4.90. The zero-order chi connectivity index (χ0) is 13.9. The average Bonchev–Trinajstić information content (AvgIpc) is 2.47. The predicted octanol–water partition coefficient (Wildman–Crippen LogP) is -0.998. The standard InChI is InChI=1S/C11H23N3O4S/c1-17-11-2-3-14(10(8-11)9-12)19(15,16)13-4-6-18-7-5-13/h10-11H,2-9,12H2,1H3. The van der Waals surface area contributed by atoms with Crippen molar-refractivity contribution in [3.8, 4) is 0 Å². The van der Waals surface area contributed by atoms with E-state index < -0.39 is 10.2 Å². The molecule has 2 unspecified atom stereocenters. The van der Waals surface area contributed by atoms with Crippen LogP contribution in [0.15, 0.2) is 0 Å². The summed E-state index contributed by atoms with van der Waals surface area (Å²) in [6.45, 7) is 2.55. The van der Waals surface area contributed by atoms with Gasteiger partial charge in [-0.25, -0.2) is 0 Å². The number of hydrogen-bond acceptors (Lipinski definition) is 5. The third kappa shape index (κ3) is 3.26. The van der Waals surface area contributed by atoms with Gasteiger partial charge in [0.15, 0.2) is 0 Å². The summed E-state index contributed by atoms with van der Waals surface area (Å²) in [5.74, 6) is 0. The van der Waals surface area contributed by atoms with E-state index in [9.17, 15) is 8.42 Å². The summed E-state index contributed by atoms with van der Waals surface area (Å²) in [6.07, 6.45) is 1.48. The molecule has 0 aromatic heterocycles. The average molecular weight is 293 g/mol. The van der Waals surface area contributed by atoms with E-state index in [1.165, 1.54) is 8.61 Å². The minimum atomic E-state index is -3.43. The Kier molecular flexibility index (Phi) is 5.15. The fraction of sp³-hybridized carbons (Fsp3) is 1.00. The Balaban J connectivity index is 2.10. The molecule has 8 heteroatoms. The van der Waals surface area contributed by atoms with Gasteiger partial charge in [0.25, 0.3) is 10.2 Å². The molecule has 2 aliphatic rings. The molecule has 0 aliphatic carbocycles. The van der Waals surface area contributed by atoms with Gasteiger partial charge in [-0.05, 0) is 12.8 Å². The largest absolute Gasteiger partial charge is 0.381 e. The van der Waals surface area contributed by atoms with Crippen molar-refractivity contribution in [1.82, 2.24) is 8.61 Å². The summed E-state index contributed by atoms with van der Waals surface area (Å²) in [5.41, 5.74) is 5.73. The van der Waals surface area contributed by atoms with E-state index in [0.717, 1.165) is 6.42 Å². The monoisotopic (exact) mass is 293 g/mol. The highest BCUT2D eigenvalue weighted by atomic mass is 32.2. The van der Waals surface area contributed by atoms with E-state index in [1.807, 2.05) is 0 Å². The Labute approximate surface area is 114 Å². The molecule has 0 bridgehead atoms. The zero-order valence-electron chi connectivity index (χ0n) is 11.3. The first-order valence-corrected chi connectivity index (χ1v) is 8.06. The van der Waals surface area contributed by atoms with Crippen molar-refractivity contribution >= 4 is 10.2 Å². The molecule has 7 nitrogen and oxygen atoms in total. The van der Waals surface area contributed by atoms with Gasteiger partial charge in [0.1, 0.15) is 0 Å². The Morgan fingerprint density at radius 1 is 1.32 bits per heavy atom. The molecule has 112 valence electrons. The van der Waals surface area contributed by atoms with Crippen LogP contribution in [0, 0.1) is 0 Å². The third-order valence-corrected chi connectivity index (χ3v) is 5.90. The Morgan fingerprint density at radius 2 is 2.00 bits per heavy atom. The van der Waals surface area contributed by atoms with E-state index >= 15 is 0 Å². The normalized spacial score (nSPS) is 31.5. The second-order valence-corrected chi connectivity index (χ2v) is 6.78. The maximum atomic E-state index is 12.6. The lowest BCUT2D eigenvalue weighted by Gasteiger charge is -2.40. The van der Waals surface area contributed by atoms with Crippen LogP contribution in [0.5, 0.6) is 0 Å². The third-order valence-electron chi connectivity index (χ3n) is 3.81. The minimum Gasteiger partial charge on any atom is -0.381 e. The fourth-order valence-corrected chi connectivity index (χ4v) is 4.44. The molecule has 0 amide bonds. The minimum absolute atomic E-state index is 0.102. The molecule has 2 fully saturated rings. The molecular formula is C11H23N3O4S. The zero-order valence-corrected chi connectivity index (χ0v) is 12.1. The number of nitrogens with zero attached hydrogens (tertiary/aromatic N) is 2. The Morgan fingerprint density at radius 3 is 2.58 bits per heavy atom. The Bertz CT molecular complexity index is 383. The van der Waals surface area contributed by atoms with Gasteiger partial charge in [-0.1, -0.05) is 0 Å². The molecule has 0 aromatic rings. The first kappa shape index (κ1) is 15.1. The van der Waals surface area contributed by atoms with Crippen molar-refractivity contribution in [2.45, 2.75) is 25.0 Å². The number of rotatable bonds is 4. The lowest BCUT2D eigenvalue weighted by Crippen LogP contribution is -2.57. The van der Waals surface area contributed by atoms with E-state index in [1.54, 1.807) is 7.11 Å². The van der Waals surface area contributed by atoms with E-state index in [0.29, 0.717) is 45.8 Å². The molecule has 2 heterocycles. The predicted molar refractivity (Wildman–Crippen MR) is 70.9 cm³/mol. The molecule has 19 heavy (non-hydrogen) atoms. The van der Waals surface area contributed by atoms with Gasteiger partial charge in [-0.15, -0.1) is 0 Å². The summed E-state index contributed by atoms with van der Waals surface area (Å²) < 4.78 is 38.8. The van der Waals surface area contributed by atoms with Crippen LogP contribution in [0.4, 0.5) is 0 Å². The number of morpholine rings is 1. The van der Waals surface area contributed by atoms with Crippen LogP contribution in [0.1, 0.15) is 12.8 Å². The molecule has 2 N–H and O–H groups in total. The van der Waals surface area contributed by atoms with Gasteiger partial charge in [0.2, 0.25) is 0 Å². The van der Waals surface area contributed by atoms with Gasteiger partial charge < -0.3 is 15.2 Å². The molecule has 2 saturated heterocycles. The van der Waals surface area contributed by atoms with Gasteiger partial charge >= 0.3 is 0 Å². The number of methoxy groups -OCH3 is 1. The number of nitrogens with two attached hydrogens (primary N) is 1. The van der Waals surface area contributed by atoms with Gasteiger partial charge in [-0.2, -0.15) is 17.0 Å². The van der Waals surface area contributed by atoms with Gasteiger partial charge in [0.05, 0.1) is 19.3 Å². The quantitative estimate of drug-likeness (QED) is 0.719. The number of piperidine rings is 1. The van der Waals surface area contributed by atoms with Crippen LogP contribution in [-0.2, 0) is 19.7 Å². The van der Waals surface area contributed by atoms with E-state index in [2.05, 4.69) is 0 Å². The first-order chi connectivity index (χ1) is 9.09. The van der Waals surface area contributed by atoms with Crippen molar-refractivity contribution < 1.29 is 17.9 Å². The SMILES string of the molecule is COC1CCN(S(=O)(=O)N2CCOCC2)C(CN)C1. The number of hydrogen-bond donors (Lipinski definition) is 1. The van der Waals surface area contributed by atoms with Gasteiger partial charge in [0, 0.05) is 39.3 Å². The fourth-order valence-electron chi connectivity index (χ4n) is 2.65. The summed E-state index contributed by atoms with van der Waals surface area (Å²) in [4.78, 5) is 0. The van der Waals surface area contributed by atoms with Crippen molar-refractivity contribution in [3.63, 3.8) is 0 Å². The van der Waals surface area contributed by atoms with Crippen LogP contribution >= 0.6 is 0 Å². The molecule has 0 aromatic carbocycles. The molecule has 2 aliphatic heterocycles. The lowest BCUT2D eigenvalue weighted by molar-refractivity contribution is 0.0339. The van der Waals surface area contributed by atoms with Crippen molar-refractivity contribution in [3.05, 3.63) is 0 Å². The first-order valence-electron chi connectivity index (χ1n) is 6.67. The van der Waals surface area contributed by atoms with Crippen LogP contribution < -0.4 is 5.73 Å². The van der Waals surface area contributed by atoms with Crippen LogP contribution in [0.25, 0.3) is 0 Å². The van der Waals surface area contributed by atoms with Crippen LogP contribution in [-0.4, -0.2) is 75.7 Å². The molecule has 2 rings (SSSR count). The van der Waals surface area contributed by atoms with Crippen molar-refractivity contribution in [2.75, 3.05) is 46.5 Å². The summed E-state index contributed by atoms with van der Waals surface area (Å²) in [7, 11) is -1.77. The van der Waals surface area contributed by atoms with E-state index in [-0.39, 0.29) is 12.1 Å². The molecular weight excluding hydrogens is 270 g/mol. The van der Waals surface area contributed by atoms with Crippen molar-refractivity contribution in [2.24, 2.45) is 5.73 Å². The smallest absolute Gasteiger partial charge is 0.282 e. The van der Waals surface area contributed by atoms with Gasteiger partial charge in [-0.3, -0.25) is 0 Å². The number of ether oxygens (including phenoxy) is 2. The summed E-state index contributed by atoms with van der Waals surface area (Å²) in [6, 6.07) is -0.174. The summed E-state index contributed by atoms with van der Waals surface area (Å²) >= 11 is 0. The maximum absolute atomic E-state index is 12.6. The second kappa shape index (κ2) is 6.47. The Hall–Kier alpha value is -0.250. The highest BCUT2D eigenvalue weighted by Gasteiger charge is 2.39. The van der Waals surface area contributed by atoms with E-state index in [4.69, 9.17) is 15.2 Å². The lowest BCUT2D eigenvalue weighted by atomic mass is 10.0. The highest BCUT2D eigenvalue weighted by molar-refractivity contribution is 7.86. The molecule has 0 saturated carbocycles. The maximum Gasteiger partial charge on any atom is 0.282 e. The molecule has 2 atom stereocenters. The van der Waals surface area contributed by atoms with Crippen LogP contribution in [0.3, 0.4) is 0 Å². The van der Waals surface area contributed by atoms with Crippen molar-refractivity contribution in [1.29, 1.82) is 0 Å². The highest BCUT2D eigenvalue weighted by Crippen LogP contribution is 2.24. The summed E-state index contributed by atoms with van der Waals surface area (Å²) in [5, 5.41) is 0. The molecule has 0 radical (unpaired) electrons.